The summed E-state index contributed by atoms with van der Waals surface area (Å²) in [5.74, 6) is -1.32. The first-order valence-electron chi connectivity index (χ1n) is 6.35. The van der Waals surface area contributed by atoms with Gasteiger partial charge >= 0.3 is 12.0 Å². The molecule has 6 heteroatoms. The molecular weight excluding hydrogens is 263 g/mol. The molecule has 1 N–H and O–H groups in total. The number of amides is 2. The summed E-state index contributed by atoms with van der Waals surface area (Å²) in [5, 5.41) is 9.16. The van der Waals surface area contributed by atoms with E-state index in [1.54, 1.807) is 20.0 Å². The van der Waals surface area contributed by atoms with Crippen molar-refractivity contribution in [3.63, 3.8) is 0 Å². The van der Waals surface area contributed by atoms with Crippen LogP contribution in [0, 0.1) is 11.2 Å². The van der Waals surface area contributed by atoms with Crippen LogP contribution in [0.4, 0.5) is 14.9 Å². The Kier molecular flexibility index (Phi) is 3.65. The monoisotopic (exact) mass is 280 g/mol. The third-order valence-electron chi connectivity index (χ3n) is 3.74. The highest BCUT2D eigenvalue weighted by molar-refractivity contribution is 5.92. The first-order chi connectivity index (χ1) is 9.33. The summed E-state index contributed by atoms with van der Waals surface area (Å²) in [6.45, 7) is 2.19. The van der Waals surface area contributed by atoms with Gasteiger partial charge in [0.2, 0.25) is 0 Å². The van der Waals surface area contributed by atoms with Crippen LogP contribution in [0.5, 0.6) is 0 Å². The van der Waals surface area contributed by atoms with Crippen LogP contribution in [-0.4, -0.2) is 42.1 Å². The Morgan fingerprint density at radius 2 is 2.15 bits per heavy atom. The molecule has 2 rings (SSSR count). The van der Waals surface area contributed by atoms with E-state index in [-0.39, 0.29) is 12.6 Å². The SMILES string of the molecule is CN(C(=O)N1CCC(C)(C(=O)O)C1)c1cccc(F)c1. The maximum absolute atomic E-state index is 13.2. The van der Waals surface area contributed by atoms with Crippen LogP contribution < -0.4 is 4.90 Å². The molecule has 0 bridgehead atoms. The minimum absolute atomic E-state index is 0.167. The topological polar surface area (TPSA) is 60.9 Å². The molecule has 108 valence electrons. The smallest absolute Gasteiger partial charge is 0.324 e. The zero-order chi connectivity index (χ0) is 14.9. The molecule has 1 unspecified atom stereocenters. The molecule has 5 nitrogen and oxygen atoms in total. The van der Waals surface area contributed by atoms with E-state index in [4.69, 9.17) is 5.11 Å². The molecular formula is C14H17FN2O3. The van der Waals surface area contributed by atoms with Gasteiger partial charge < -0.3 is 10.0 Å². The van der Waals surface area contributed by atoms with Crippen molar-refractivity contribution in [3.8, 4) is 0 Å². The first kappa shape index (κ1) is 14.3. The number of benzene rings is 1. The Hall–Kier alpha value is -2.11. The van der Waals surface area contributed by atoms with E-state index in [2.05, 4.69) is 0 Å². The van der Waals surface area contributed by atoms with Crippen molar-refractivity contribution in [1.29, 1.82) is 0 Å². The molecule has 1 aromatic carbocycles. The van der Waals surface area contributed by atoms with Gasteiger partial charge in [-0.15, -0.1) is 0 Å². The van der Waals surface area contributed by atoms with Crippen LogP contribution in [0.15, 0.2) is 24.3 Å². The van der Waals surface area contributed by atoms with Gasteiger partial charge in [-0.25, -0.2) is 9.18 Å². The number of carbonyl (C=O) groups is 2. The number of likely N-dealkylation sites (tertiary alicyclic amines) is 1. The number of carboxylic acids is 1. The van der Waals surface area contributed by atoms with Gasteiger partial charge in [-0.3, -0.25) is 9.69 Å². The number of halogens is 1. The lowest BCUT2D eigenvalue weighted by Crippen LogP contribution is -2.42. The molecule has 1 saturated heterocycles. The normalized spacial score (nSPS) is 21.9. The fourth-order valence-electron chi connectivity index (χ4n) is 2.31. The van der Waals surface area contributed by atoms with E-state index in [9.17, 15) is 14.0 Å². The van der Waals surface area contributed by atoms with Crippen molar-refractivity contribution < 1.29 is 19.1 Å². The quantitative estimate of drug-likeness (QED) is 0.903. The van der Waals surface area contributed by atoms with Gasteiger partial charge in [-0.05, 0) is 31.5 Å². The summed E-state index contributed by atoms with van der Waals surface area (Å²) in [6.07, 6.45) is 0.422. The van der Waals surface area contributed by atoms with Gasteiger partial charge in [0.1, 0.15) is 5.82 Å². The molecule has 1 aliphatic rings. The molecule has 0 radical (unpaired) electrons. The van der Waals surface area contributed by atoms with Gasteiger partial charge in [0.15, 0.2) is 0 Å². The van der Waals surface area contributed by atoms with E-state index >= 15 is 0 Å². The van der Waals surface area contributed by atoms with Gasteiger partial charge in [-0.1, -0.05) is 6.07 Å². The lowest BCUT2D eigenvalue weighted by atomic mass is 9.90. The van der Waals surface area contributed by atoms with Crippen LogP contribution in [0.25, 0.3) is 0 Å². The lowest BCUT2D eigenvalue weighted by molar-refractivity contribution is -0.146. The van der Waals surface area contributed by atoms with Crippen LogP contribution in [0.1, 0.15) is 13.3 Å². The number of hydrogen-bond acceptors (Lipinski definition) is 2. The summed E-state index contributed by atoms with van der Waals surface area (Å²) in [7, 11) is 1.55. The van der Waals surface area contributed by atoms with Gasteiger partial charge in [0, 0.05) is 25.8 Å². The van der Waals surface area contributed by atoms with E-state index in [1.165, 1.54) is 28.0 Å². The van der Waals surface area contributed by atoms with Gasteiger partial charge in [0.25, 0.3) is 0 Å². The molecule has 1 fully saturated rings. The fourth-order valence-corrected chi connectivity index (χ4v) is 2.31. The number of aliphatic carboxylic acids is 1. The zero-order valence-corrected chi connectivity index (χ0v) is 11.5. The van der Waals surface area contributed by atoms with Crippen LogP contribution in [0.2, 0.25) is 0 Å². The van der Waals surface area contributed by atoms with E-state index in [1.807, 2.05) is 0 Å². The summed E-state index contributed by atoms with van der Waals surface area (Å²) >= 11 is 0. The molecule has 2 amide bonds. The molecule has 1 heterocycles. The second-order valence-corrected chi connectivity index (χ2v) is 5.36. The molecule has 0 aliphatic carbocycles. The van der Waals surface area contributed by atoms with Crippen molar-refractivity contribution in [2.45, 2.75) is 13.3 Å². The highest BCUT2D eigenvalue weighted by Crippen LogP contribution is 2.31. The maximum atomic E-state index is 13.2. The average Bonchev–Trinajstić information content (AvgIpc) is 2.81. The Morgan fingerprint density at radius 1 is 1.45 bits per heavy atom. The lowest BCUT2D eigenvalue weighted by Gasteiger charge is -2.26. The summed E-state index contributed by atoms with van der Waals surface area (Å²) in [5.41, 5.74) is -0.461. The van der Waals surface area contributed by atoms with Crippen molar-refractivity contribution in [2.24, 2.45) is 5.41 Å². The Balaban J connectivity index is 2.11. The molecule has 1 aliphatic heterocycles. The van der Waals surface area contributed by atoms with Crippen molar-refractivity contribution >= 4 is 17.7 Å². The Bertz CT molecular complexity index is 549. The van der Waals surface area contributed by atoms with Gasteiger partial charge in [0.05, 0.1) is 5.41 Å². The molecule has 1 atom stereocenters. The molecule has 0 saturated carbocycles. The van der Waals surface area contributed by atoms with Crippen LogP contribution in [0.3, 0.4) is 0 Å². The molecule has 0 aromatic heterocycles. The Morgan fingerprint density at radius 3 is 2.70 bits per heavy atom. The van der Waals surface area contributed by atoms with Crippen molar-refractivity contribution in [2.75, 3.05) is 25.0 Å². The van der Waals surface area contributed by atoms with E-state index in [0.29, 0.717) is 18.7 Å². The number of carbonyl (C=O) groups excluding carboxylic acids is 1. The number of hydrogen-bond donors (Lipinski definition) is 1. The summed E-state index contributed by atoms with van der Waals surface area (Å²) in [4.78, 5) is 26.3. The van der Waals surface area contributed by atoms with E-state index < -0.39 is 17.2 Å². The minimum Gasteiger partial charge on any atom is -0.481 e. The molecule has 20 heavy (non-hydrogen) atoms. The predicted molar refractivity (Wildman–Crippen MR) is 72.1 cm³/mol. The fraction of sp³-hybridized carbons (Fsp3) is 0.429. The minimum atomic E-state index is -0.904. The average molecular weight is 280 g/mol. The summed E-state index contributed by atoms with van der Waals surface area (Å²) in [6, 6.07) is 5.41. The Labute approximate surface area is 116 Å². The number of urea groups is 1. The summed E-state index contributed by atoms with van der Waals surface area (Å²) < 4.78 is 13.2. The predicted octanol–water partition coefficient (Wildman–Crippen LogP) is 2.18. The number of anilines is 1. The van der Waals surface area contributed by atoms with Crippen LogP contribution in [-0.2, 0) is 4.79 Å². The van der Waals surface area contributed by atoms with Crippen molar-refractivity contribution in [1.82, 2.24) is 4.90 Å². The highest BCUT2D eigenvalue weighted by Gasteiger charge is 2.42. The standard InChI is InChI=1S/C14H17FN2O3/c1-14(12(18)19)6-7-17(9-14)13(20)16(2)11-5-3-4-10(15)8-11/h3-5,8H,6-7,9H2,1-2H3,(H,18,19). The highest BCUT2D eigenvalue weighted by atomic mass is 19.1. The molecule has 0 spiro atoms. The number of nitrogens with zero attached hydrogens (tertiary/aromatic N) is 2. The van der Waals surface area contributed by atoms with E-state index in [0.717, 1.165) is 0 Å². The number of carboxylic acid groups (broad SMARTS) is 1. The molecule has 1 aromatic rings. The second kappa shape index (κ2) is 5.11. The zero-order valence-electron chi connectivity index (χ0n) is 11.5. The largest absolute Gasteiger partial charge is 0.481 e. The maximum Gasteiger partial charge on any atom is 0.324 e. The third kappa shape index (κ3) is 2.59. The van der Waals surface area contributed by atoms with Gasteiger partial charge in [-0.2, -0.15) is 0 Å². The van der Waals surface area contributed by atoms with Crippen molar-refractivity contribution in [3.05, 3.63) is 30.1 Å². The third-order valence-corrected chi connectivity index (χ3v) is 3.74. The van der Waals surface area contributed by atoms with Crippen LogP contribution >= 0.6 is 0 Å². The first-order valence-corrected chi connectivity index (χ1v) is 6.35. The number of rotatable bonds is 2. The second-order valence-electron chi connectivity index (χ2n) is 5.36.